The third kappa shape index (κ3) is 13.7. The van der Waals surface area contributed by atoms with Crippen molar-refractivity contribution in [1.29, 1.82) is 0 Å². The summed E-state index contributed by atoms with van der Waals surface area (Å²) in [4.78, 5) is 16.1. The fraction of sp³-hybridized carbons (Fsp3) is 1.00. The van der Waals surface area contributed by atoms with Crippen molar-refractivity contribution in [3.8, 4) is 0 Å². The van der Waals surface area contributed by atoms with Crippen LogP contribution in [0.3, 0.4) is 0 Å². The fourth-order valence-electron chi connectivity index (χ4n) is 0.258. The maximum Gasteiger partial charge on any atom is 0.316 e. The van der Waals surface area contributed by atoms with Crippen molar-refractivity contribution in [2.24, 2.45) is 0 Å². The molecule has 0 heterocycles. The second kappa shape index (κ2) is 8.89. The van der Waals surface area contributed by atoms with Crippen molar-refractivity contribution in [3.63, 3.8) is 0 Å². The summed E-state index contributed by atoms with van der Waals surface area (Å²) in [6.45, 7) is -0.295. The van der Waals surface area contributed by atoms with Crippen molar-refractivity contribution >= 4 is 16.5 Å². The van der Waals surface area contributed by atoms with Crippen LogP contribution in [0, 0.1) is 0 Å². The van der Waals surface area contributed by atoms with E-state index >= 15 is 0 Å². The monoisotopic (exact) mass is 248 g/mol. The molecule has 11 heavy (non-hydrogen) atoms. The summed E-state index contributed by atoms with van der Waals surface area (Å²) < 4.78 is 27.9. The van der Waals surface area contributed by atoms with Gasteiger partial charge in [0, 0.05) is 16.5 Å². The van der Waals surface area contributed by atoms with Crippen molar-refractivity contribution in [2.45, 2.75) is 0 Å². The van der Waals surface area contributed by atoms with E-state index in [1.54, 1.807) is 0 Å². The first-order valence-electron chi connectivity index (χ1n) is 2.34. The Hall–Kier alpha value is 0.794. The van der Waals surface area contributed by atoms with E-state index in [4.69, 9.17) is 9.79 Å². The van der Waals surface area contributed by atoms with Gasteiger partial charge in [0.25, 0.3) is 0 Å². The van der Waals surface area contributed by atoms with Crippen LogP contribution in [-0.2, 0) is 34.7 Å². The molecule has 0 aliphatic carbocycles. The van der Waals surface area contributed by atoms with Gasteiger partial charge in [-0.05, 0) is 0 Å². The molecule has 0 rings (SSSR count). The van der Waals surface area contributed by atoms with E-state index in [2.05, 4.69) is 9.05 Å². The second-order valence-corrected chi connectivity index (χ2v) is 2.87. The Kier molecular flexibility index (Phi) is 11.6. The Labute approximate surface area is 74.7 Å². The van der Waals surface area contributed by atoms with E-state index in [1.807, 2.05) is 0 Å². The molecule has 0 saturated heterocycles. The summed E-state index contributed by atoms with van der Waals surface area (Å²) in [6, 6.07) is 0. The summed E-state index contributed by atoms with van der Waals surface area (Å²) in [5.74, 6) is 0. The zero-order valence-corrected chi connectivity index (χ0v) is 8.25. The van der Waals surface area contributed by atoms with Gasteiger partial charge in [-0.2, -0.15) is 0 Å². The molecular weight excluding hydrogens is 241 g/mol. The van der Waals surface area contributed by atoms with Crippen molar-refractivity contribution < 1.29 is 44.5 Å². The van der Waals surface area contributed by atoms with Crippen molar-refractivity contribution in [1.82, 2.24) is 0 Å². The van der Waals surface area contributed by atoms with E-state index in [0.717, 1.165) is 0 Å². The molecule has 2 N–H and O–H groups in total. The molecule has 2 unspecified atom stereocenters. The second-order valence-electron chi connectivity index (χ2n) is 1.23. The van der Waals surface area contributed by atoms with Crippen LogP contribution in [0.15, 0.2) is 0 Å². The van der Waals surface area contributed by atoms with Gasteiger partial charge in [0.1, 0.15) is 0 Å². The molecule has 72 valence electrons. The minimum absolute atomic E-state index is 0. The molecule has 0 aliphatic rings. The van der Waals surface area contributed by atoms with Gasteiger partial charge >= 0.3 is 16.5 Å². The summed E-state index contributed by atoms with van der Waals surface area (Å²) in [5, 5.41) is 0. The topological polar surface area (TPSA) is 93.1 Å². The van der Waals surface area contributed by atoms with Crippen LogP contribution in [0.4, 0.5) is 0 Å². The maximum atomic E-state index is 9.82. The van der Waals surface area contributed by atoms with Crippen LogP contribution in [0.25, 0.3) is 0 Å². The Balaban J connectivity index is 0. The van der Waals surface area contributed by atoms with Crippen LogP contribution in [0.2, 0.25) is 0 Å². The van der Waals surface area contributed by atoms with Crippen LogP contribution in [-0.4, -0.2) is 23.0 Å². The summed E-state index contributed by atoms with van der Waals surface area (Å²) in [7, 11) is -5.87. The van der Waals surface area contributed by atoms with E-state index in [0.29, 0.717) is 0 Å². The molecule has 0 fully saturated rings. The zero-order valence-electron chi connectivity index (χ0n) is 5.26. The number of hydrogen-bond donors (Lipinski definition) is 2. The maximum absolute atomic E-state index is 9.82. The van der Waals surface area contributed by atoms with Crippen molar-refractivity contribution in [2.75, 3.05) is 13.2 Å². The largest absolute Gasteiger partial charge is 0.326 e. The predicted octanol–water partition coefficient (Wildman–Crippen LogP) is -0.219. The summed E-state index contributed by atoms with van der Waals surface area (Å²) in [5.41, 5.74) is 0. The molecule has 0 bridgehead atoms. The van der Waals surface area contributed by atoms with E-state index in [-0.39, 0.29) is 29.7 Å². The smallest absolute Gasteiger partial charge is 0.316 e. The standard InChI is InChI=1S/C2H8O6P2.Ni/c3-9(4)7-1-2-8-10(5)6;/h9-10H,1-2H2,(H,3,4)(H,5,6);. The molecule has 2 atom stereocenters. The third-order valence-electron chi connectivity index (χ3n) is 0.534. The minimum Gasteiger partial charge on any atom is -0.326 e. The zero-order chi connectivity index (χ0) is 7.98. The molecule has 0 aliphatic heterocycles. The first-order valence-corrected chi connectivity index (χ1v) is 4.87. The molecule has 9 heteroatoms. The third-order valence-corrected chi connectivity index (χ3v) is 1.44. The molecule has 0 amide bonds. The van der Waals surface area contributed by atoms with Gasteiger partial charge in [0.2, 0.25) is 0 Å². The molecule has 6 nitrogen and oxygen atoms in total. The molecule has 0 aromatic heterocycles. The Morgan fingerprint density at radius 2 is 1.27 bits per heavy atom. The normalized spacial score (nSPS) is 15.1. The minimum atomic E-state index is -2.93. The molecule has 0 aromatic carbocycles. The molecule has 0 saturated carbocycles. The van der Waals surface area contributed by atoms with Gasteiger partial charge < -0.3 is 18.8 Å². The van der Waals surface area contributed by atoms with Crippen LogP contribution < -0.4 is 0 Å². The molecular formula is C2H8NiO6P2. The Morgan fingerprint density at radius 3 is 1.45 bits per heavy atom. The van der Waals surface area contributed by atoms with Crippen LogP contribution in [0.1, 0.15) is 0 Å². The molecule has 0 spiro atoms. The summed E-state index contributed by atoms with van der Waals surface area (Å²) >= 11 is 0. The first-order chi connectivity index (χ1) is 4.63. The molecule has 0 radical (unpaired) electrons. The molecule has 0 aromatic rings. The van der Waals surface area contributed by atoms with Crippen LogP contribution >= 0.6 is 16.5 Å². The van der Waals surface area contributed by atoms with Gasteiger partial charge in [0.05, 0.1) is 13.2 Å². The van der Waals surface area contributed by atoms with Gasteiger partial charge in [-0.15, -0.1) is 0 Å². The van der Waals surface area contributed by atoms with Crippen molar-refractivity contribution in [3.05, 3.63) is 0 Å². The Bertz CT molecular complexity index is 123. The van der Waals surface area contributed by atoms with E-state index < -0.39 is 16.5 Å². The average molecular weight is 249 g/mol. The predicted molar refractivity (Wildman–Crippen MR) is 34.3 cm³/mol. The van der Waals surface area contributed by atoms with E-state index in [1.165, 1.54) is 0 Å². The van der Waals surface area contributed by atoms with Gasteiger partial charge in [-0.25, -0.2) is 0 Å². The fourth-order valence-corrected chi connectivity index (χ4v) is 0.774. The average Bonchev–Trinajstić information content (AvgIpc) is 1.79. The van der Waals surface area contributed by atoms with Gasteiger partial charge in [0.15, 0.2) is 0 Å². The Morgan fingerprint density at radius 1 is 1.00 bits per heavy atom. The van der Waals surface area contributed by atoms with Gasteiger partial charge in [-0.3, -0.25) is 9.13 Å². The van der Waals surface area contributed by atoms with Gasteiger partial charge in [-0.1, -0.05) is 0 Å². The first kappa shape index (κ1) is 14.3. The van der Waals surface area contributed by atoms with E-state index in [9.17, 15) is 9.13 Å². The summed E-state index contributed by atoms with van der Waals surface area (Å²) in [6.07, 6.45) is 0. The quantitative estimate of drug-likeness (QED) is 0.397. The number of hydrogen-bond acceptors (Lipinski definition) is 4. The SMILES string of the molecule is O=[PH](O)OCCO[PH](=O)O.[Ni]. The van der Waals surface area contributed by atoms with Crippen LogP contribution in [0.5, 0.6) is 0 Å². The number of rotatable bonds is 5.